The Hall–Kier alpha value is -1.55. The molecule has 0 aliphatic carbocycles. The van der Waals surface area contributed by atoms with Crippen molar-refractivity contribution in [3.63, 3.8) is 0 Å². The van der Waals surface area contributed by atoms with Crippen molar-refractivity contribution >= 4 is 0 Å². The molecule has 0 spiro atoms. The maximum Gasteiger partial charge on any atom is 0.125 e. The third-order valence-corrected chi connectivity index (χ3v) is 2.77. The van der Waals surface area contributed by atoms with E-state index in [-0.39, 0.29) is 6.04 Å². The Bertz CT molecular complexity index is 472. The first kappa shape index (κ1) is 11.9. The standard InChI is InChI=1S/C13H19N3O/c1-4-7-16-9-11(8-15-16)13(14-3)12-6-5-10(2)17-12/h5-6,8-9,13-14H,4,7H2,1-3H3. The Morgan fingerprint density at radius 1 is 1.47 bits per heavy atom. The zero-order chi connectivity index (χ0) is 12.3. The molecule has 0 radical (unpaired) electrons. The minimum atomic E-state index is 0.0781. The first-order valence-electron chi connectivity index (χ1n) is 6.00. The second-order valence-electron chi connectivity index (χ2n) is 4.21. The molecule has 0 saturated heterocycles. The van der Waals surface area contributed by atoms with E-state index in [1.807, 2.05) is 37.0 Å². The van der Waals surface area contributed by atoms with Gasteiger partial charge in [-0.25, -0.2) is 0 Å². The summed E-state index contributed by atoms with van der Waals surface area (Å²) in [7, 11) is 1.93. The molecule has 2 rings (SSSR count). The first-order valence-corrected chi connectivity index (χ1v) is 6.00. The van der Waals surface area contributed by atoms with Crippen molar-refractivity contribution < 1.29 is 4.42 Å². The molecule has 17 heavy (non-hydrogen) atoms. The average Bonchev–Trinajstić information content (AvgIpc) is 2.91. The van der Waals surface area contributed by atoms with Crippen molar-refractivity contribution in [2.75, 3.05) is 7.05 Å². The largest absolute Gasteiger partial charge is 0.464 e. The fraction of sp³-hybridized carbons (Fsp3) is 0.462. The van der Waals surface area contributed by atoms with Gasteiger partial charge in [0.15, 0.2) is 0 Å². The molecule has 0 fully saturated rings. The fourth-order valence-corrected chi connectivity index (χ4v) is 1.96. The molecule has 2 aromatic rings. The molecule has 4 nitrogen and oxygen atoms in total. The van der Waals surface area contributed by atoms with Crippen LogP contribution in [0.4, 0.5) is 0 Å². The predicted molar refractivity (Wildman–Crippen MR) is 66.9 cm³/mol. The van der Waals surface area contributed by atoms with Crippen LogP contribution in [-0.4, -0.2) is 16.8 Å². The summed E-state index contributed by atoms with van der Waals surface area (Å²) in [5, 5.41) is 7.60. The average molecular weight is 233 g/mol. The molecule has 0 saturated carbocycles. The molecule has 2 aromatic heterocycles. The van der Waals surface area contributed by atoms with E-state index in [4.69, 9.17) is 4.42 Å². The highest BCUT2D eigenvalue weighted by atomic mass is 16.3. The van der Waals surface area contributed by atoms with Gasteiger partial charge in [-0.3, -0.25) is 4.68 Å². The third-order valence-electron chi connectivity index (χ3n) is 2.77. The van der Waals surface area contributed by atoms with Crippen LogP contribution in [0.25, 0.3) is 0 Å². The first-order chi connectivity index (χ1) is 8.24. The molecular weight excluding hydrogens is 214 g/mol. The minimum Gasteiger partial charge on any atom is -0.464 e. The van der Waals surface area contributed by atoms with Gasteiger partial charge in [0.2, 0.25) is 0 Å². The van der Waals surface area contributed by atoms with Gasteiger partial charge in [0, 0.05) is 18.3 Å². The maximum atomic E-state index is 5.66. The summed E-state index contributed by atoms with van der Waals surface area (Å²) in [6, 6.07) is 4.07. The summed E-state index contributed by atoms with van der Waals surface area (Å²) in [6.07, 6.45) is 5.06. The molecule has 92 valence electrons. The highest BCUT2D eigenvalue weighted by Crippen LogP contribution is 2.23. The van der Waals surface area contributed by atoms with Crippen LogP contribution in [0.1, 0.15) is 36.5 Å². The van der Waals surface area contributed by atoms with E-state index in [0.717, 1.165) is 30.0 Å². The van der Waals surface area contributed by atoms with Gasteiger partial charge in [0.05, 0.1) is 12.2 Å². The summed E-state index contributed by atoms with van der Waals surface area (Å²) in [6.45, 7) is 5.05. The SMILES string of the molecule is CCCn1cc(C(NC)c2ccc(C)o2)cn1. The van der Waals surface area contributed by atoms with E-state index in [0.29, 0.717) is 0 Å². The van der Waals surface area contributed by atoms with Crippen LogP contribution in [0.3, 0.4) is 0 Å². The van der Waals surface area contributed by atoms with E-state index < -0.39 is 0 Å². The van der Waals surface area contributed by atoms with E-state index in [1.54, 1.807) is 0 Å². The molecule has 0 aliphatic rings. The molecule has 0 aromatic carbocycles. The van der Waals surface area contributed by atoms with Crippen molar-refractivity contribution in [3.05, 3.63) is 41.6 Å². The van der Waals surface area contributed by atoms with Gasteiger partial charge in [0.25, 0.3) is 0 Å². The van der Waals surface area contributed by atoms with E-state index >= 15 is 0 Å². The Labute approximate surface area is 102 Å². The summed E-state index contributed by atoms with van der Waals surface area (Å²) in [5.41, 5.74) is 1.13. The molecule has 1 N–H and O–H groups in total. The van der Waals surface area contributed by atoms with Crippen molar-refractivity contribution in [1.82, 2.24) is 15.1 Å². The van der Waals surface area contributed by atoms with E-state index in [2.05, 4.69) is 23.5 Å². The van der Waals surface area contributed by atoms with Crippen molar-refractivity contribution in [3.8, 4) is 0 Å². The number of aryl methyl sites for hydroxylation is 2. The molecule has 2 heterocycles. The van der Waals surface area contributed by atoms with Gasteiger partial charge in [-0.2, -0.15) is 5.10 Å². The van der Waals surface area contributed by atoms with Gasteiger partial charge in [0.1, 0.15) is 11.5 Å². The molecular formula is C13H19N3O. The Balaban J connectivity index is 2.22. The number of hydrogen-bond acceptors (Lipinski definition) is 3. The van der Waals surface area contributed by atoms with Gasteiger partial charge in [-0.1, -0.05) is 6.92 Å². The van der Waals surface area contributed by atoms with Crippen molar-refractivity contribution in [2.24, 2.45) is 0 Å². The fourth-order valence-electron chi connectivity index (χ4n) is 1.96. The lowest BCUT2D eigenvalue weighted by Crippen LogP contribution is -2.16. The van der Waals surface area contributed by atoms with Crippen LogP contribution in [0.2, 0.25) is 0 Å². The normalized spacial score (nSPS) is 12.9. The van der Waals surface area contributed by atoms with Crippen LogP contribution in [0, 0.1) is 6.92 Å². The lowest BCUT2D eigenvalue weighted by Gasteiger charge is -2.11. The van der Waals surface area contributed by atoms with Crippen LogP contribution < -0.4 is 5.32 Å². The summed E-state index contributed by atoms with van der Waals surface area (Å²) < 4.78 is 7.63. The summed E-state index contributed by atoms with van der Waals surface area (Å²) >= 11 is 0. The Kier molecular flexibility index (Phi) is 3.64. The van der Waals surface area contributed by atoms with Crippen molar-refractivity contribution in [2.45, 2.75) is 32.9 Å². The minimum absolute atomic E-state index is 0.0781. The topological polar surface area (TPSA) is 43.0 Å². The number of aromatic nitrogens is 2. The zero-order valence-electron chi connectivity index (χ0n) is 10.6. The van der Waals surface area contributed by atoms with Gasteiger partial charge in [-0.15, -0.1) is 0 Å². The number of nitrogens with zero attached hydrogens (tertiary/aromatic N) is 2. The van der Waals surface area contributed by atoms with Crippen LogP contribution >= 0.6 is 0 Å². The van der Waals surface area contributed by atoms with Gasteiger partial charge in [-0.05, 0) is 32.5 Å². The highest BCUT2D eigenvalue weighted by molar-refractivity contribution is 5.23. The van der Waals surface area contributed by atoms with Gasteiger partial charge >= 0.3 is 0 Å². The third kappa shape index (κ3) is 2.58. The van der Waals surface area contributed by atoms with E-state index in [1.165, 1.54) is 0 Å². The molecule has 0 aliphatic heterocycles. The van der Waals surface area contributed by atoms with Gasteiger partial charge < -0.3 is 9.73 Å². The number of furan rings is 1. The van der Waals surface area contributed by atoms with E-state index in [9.17, 15) is 0 Å². The Morgan fingerprint density at radius 3 is 2.88 bits per heavy atom. The molecule has 1 atom stereocenters. The van der Waals surface area contributed by atoms with Crippen LogP contribution in [0.15, 0.2) is 28.9 Å². The van der Waals surface area contributed by atoms with Crippen LogP contribution in [0.5, 0.6) is 0 Å². The molecule has 4 heteroatoms. The van der Waals surface area contributed by atoms with Crippen LogP contribution in [-0.2, 0) is 6.54 Å². The highest BCUT2D eigenvalue weighted by Gasteiger charge is 2.17. The lowest BCUT2D eigenvalue weighted by atomic mass is 10.1. The molecule has 0 bridgehead atoms. The Morgan fingerprint density at radius 2 is 2.29 bits per heavy atom. The zero-order valence-corrected chi connectivity index (χ0v) is 10.6. The monoisotopic (exact) mass is 233 g/mol. The molecule has 1 unspecified atom stereocenters. The summed E-state index contributed by atoms with van der Waals surface area (Å²) in [5.74, 6) is 1.86. The maximum absolute atomic E-state index is 5.66. The predicted octanol–water partition coefficient (Wildman–Crippen LogP) is 2.50. The smallest absolute Gasteiger partial charge is 0.125 e. The second kappa shape index (κ2) is 5.19. The second-order valence-corrected chi connectivity index (χ2v) is 4.21. The quantitative estimate of drug-likeness (QED) is 0.862. The number of nitrogens with one attached hydrogen (secondary N) is 1. The van der Waals surface area contributed by atoms with Crippen molar-refractivity contribution in [1.29, 1.82) is 0 Å². The number of hydrogen-bond donors (Lipinski definition) is 1. The molecule has 0 amide bonds. The lowest BCUT2D eigenvalue weighted by molar-refractivity contribution is 0.444. The summed E-state index contributed by atoms with van der Waals surface area (Å²) in [4.78, 5) is 0. The number of rotatable bonds is 5.